The Morgan fingerprint density at radius 1 is 1.45 bits per heavy atom. The maximum absolute atomic E-state index is 12.1. The van der Waals surface area contributed by atoms with E-state index >= 15 is 0 Å². The van der Waals surface area contributed by atoms with Crippen LogP contribution in [0.25, 0.3) is 0 Å². The molecule has 0 atom stereocenters. The van der Waals surface area contributed by atoms with Gasteiger partial charge in [-0.1, -0.05) is 16.8 Å². The van der Waals surface area contributed by atoms with Crippen molar-refractivity contribution >= 4 is 27.3 Å². The van der Waals surface area contributed by atoms with Crippen molar-refractivity contribution in [2.75, 3.05) is 12.3 Å². The third kappa shape index (κ3) is 3.27. The second-order valence-electron chi connectivity index (χ2n) is 4.20. The molecule has 1 aromatic carbocycles. The van der Waals surface area contributed by atoms with E-state index in [1.165, 1.54) is 23.0 Å². The number of nitrogens with zero attached hydrogens (tertiary/aromatic N) is 3. The lowest BCUT2D eigenvalue weighted by Crippen LogP contribution is -2.28. The third-order valence-electron chi connectivity index (χ3n) is 2.71. The lowest BCUT2D eigenvalue weighted by molar-refractivity contribution is 0.553. The number of nitrogens with one attached hydrogen (secondary N) is 1. The van der Waals surface area contributed by atoms with Gasteiger partial charge in [-0.3, -0.25) is 4.68 Å². The van der Waals surface area contributed by atoms with E-state index in [0.717, 1.165) is 5.56 Å². The smallest absolute Gasteiger partial charge is 0.242 e. The van der Waals surface area contributed by atoms with Gasteiger partial charge in [-0.15, -0.1) is 5.10 Å². The molecule has 0 radical (unpaired) electrons. The molecule has 0 bridgehead atoms. The van der Waals surface area contributed by atoms with Gasteiger partial charge in [0, 0.05) is 18.4 Å². The van der Waals surface area contributed by atoms with Crippen molar-refractivity contribution in [1.29, 1.82) is 0 Å². The number of halogens is 1. The summed E-state index contributed by atoms with van der Waals surface area (Å²) in [5.74, 6) is 0. The largest absolute Gasteiger partial charge is 0.398 e. The Kier molecular flexibility index (Phi) is 4.26. The average molecular weight is 316 g/mol. The van der Waals surface area contributed by atoms with Gasteiger partial charge in [-0.25, -0.2) is 13.1 Å². The Morgan fingerprint density at radius 2 is 2.20 bits per heavy atom. The summed E-state index contributed by atoms with van der Waals surface area (Å²) in [6.07, 6.45) is 3.16. The molecule has 7 nitrogen and oxygen atoms in total. The molecule has 0 unspecified atom stereocenters. The molecule has 2 rings (SSSR count). The van der Waals surface area contributed by atoms with E-state index in [4.69, 9.17) is 17.3 Å². The highest BCUT2D eigenvalue weighted by atomic mass is 35.5. The molecule has 9 heteroatoms. The van der Waals surface area contributed by atoms with E-state index in [-0.39, 0.29) is 16.5 Å². The van der Waals surface area contributed by atoms with E-state index < -0.39 is 10.0 Å². The second-order valence-corrected chi connectivity index (χ2v) is 6.35. The standard InChI is InChI=1S/C11H14ClN5O2S/c1-8-6-9(12)11(7-10(8)13)20(18,19)15-3-5-17-4-2-14-16-17/h2,4,6-7,15H,3,5,13H2,1H3. The van der Waals surface area contributed by atoms with Crippen LogP contribution in [0.5, 0.6) is 0 Å². The third-order valence-corrected chi connectivity index (χ3v) is 4.64. The molecular weight excluding hydrogens is 302 g/mol. The number of hydrogen-bond donors (Lipinski definition) is 2. The SMILES string of the molecule is Cc1cc(Cl)c(S(=O)(=O)NCCn2ccnn2)cc1N. The van der Waals surface area contributed by atoms with Crippen molar-refractivity contribution in [1.82, 2.24) is 19.7 Å². The van der Waals surface area contributed by atoms with Gasteiger partial charge in [0.2, 0.25) is 10.0 Å². The van der Waals surface area contributed by atoms with Crippen LogP contribution in [0.3, 0.4) is 0 Å². The quantitative estimate of drug-likeness (QED) is 0.794. The summed E-state index contributed by atoms with van der Waals surface area (Å²) < 4.78 is 28.3. The van der Waals surface area contributed by atoms with E-state index in [1.54, 1.807) is 13.1 Å². The summed E-state index contributed by atoms with van der Waals surface area (Å²) in [5.41, 5.74) is 6.83. The number of anilines is 1. The first-order valence-electron chi connectivity index (χ1n) is 5.79. The molecule has 108 valence electrons. The fraction of sp³-hybridized carbons (Fsp3) is 0.273. The van der Waals surface area contributed by atoms with E-state index in [9.17, 15) is 8.42 Å². The predicted octanol–water partition coefficient (Wildman–Crippen LogP) is 0.801. The van der Waals surface area contributed by atoms with Crippen molar-refractivity contribution in [3.63, 3.8) is 0 Å². The monoisotopic (exact) mass is 315 g/mol. The topological polar surface area (TPSA) is 103 Å². The zero-order valence-corrected chi connectivity index (χ0v) is 12.3. The zero-order chi connectivity index (χ0) is 14.8. The average Bonchev–Trinajstić information content (AvgIpc) is 2.86. The van der Waals surface area contributed by atoms with E-state index in [1.807, 2.05) is 0 Å². The van der Waals surface area contributed by atoms with Crippen LogP contribution in [0.4, 0.5) is 5.69 Å². The van der Waals surface area contributed by atoms with Crippen LogP contribution >= 0.6 is 11.6 Å². The number of rotatable bonds is 5. The summed E-state index contributed by atoms with van der Waals surface area (Å²) >= 11 is 5.96. The minimum atomic E-state index is -3.71. The summed E-state index contributed by atoms with van der Waals surface area (Å²) in [4.78, 5) is -0.0270. The van der Waals surface area contributed by atoms with Crippen molar-refractivity contribution in [2.24, 2.45) is 0 Å². The normalized spacial score (nSPS) is 11.7. The molecule has 1 heterocycles. The molecular formula is C11H14ClN5O2S. The Hall–Kier alpha value is -1.64. The Labute approximate surface area is 121 Å². The summed E-state index contributed by atoms with van der Waals surface area (Å²) in [5, 5.41) is 7.51. The van der Waals surface area contributed by atoms with Gasteiger partial charge in [0.1, 0.15) is 4.90 Å². The molecule has 1 aromatic heterocycles. The minimum Gasteiger partial charge on any atom is -0.398 e. The number of nitrogen functional groups attached to an aromatic ring is 1. The van der Waals surface area contributed by atoms with Gasteiger partial charge >= 0.3 is 0 Å². The highest BCUT2D eigenvalue weighted by Gasteiger charge is 2.18. The van der Waals surface area contributed by atoms with Crippen LogP contribution in [-0.4, -0.2) is 30.0 Å². The molecule has 20 heavy (non-hydrogen) atoms. The summed E-state index contributed by atoms with van der Waals surface area (Å²) in [6, 6.07) is 2.89. The highest BCUT2D eigenvalue weighted by molar-refractivity contribution is 7.89. The molecule has 0 aliphatic heterocycles. The Balaban J connectivity index is 2.12. The van der Waals surface area contributed by atoms with Crippen LogP contribution in [0.2, 0.25) is 5.02 Å². The second kappa shape index (κ2) is 5.78. The molecule has 0 spiro atoms. The lowest BCUT2D eigenvalue weighted by atomic mass is 10.2. The highest BCUT2D eigenvalue weighted by Crippen LogP contribution is 2.26. The number of hydrogen-bond acceptors (Lipinski definition) is 5. The van der Waals surface area contributed by atoms with Gasteiger partial charge in [0.25, 0.3) is 0 Å². The van der Waals surface area contributed by atoms with E-state index in [2.05, 4.69) is 15.0 Å². The van der Waals surface area contributed by atoms with Crippen LogP contribution in [0, 0.1) is 6.92 Å². The molecule has 2 aromatic rings. The summed E-state index contributed by atoms with van der Waals surface area (Å²) in [7, 11) is -3.71. The number of benzene rings is 1. The number of aryl methyl sites for hydroxylation is 1. The molecule has 0 aliphatic rings. The minimum absolute atomic E-state index is 0.0270. The Bertz CT molecular complexity index is 700. The van der Waals surface area contributed by atoms with Crippen molar-refractivity contribution in [2.45, 2.75) is 18.4 Å². The van der Waals surface area contributed by atoms with Crippen LogP contribution in [0.1, 0.15) is 5.56 Å². The van der Waals surface area contributed by atoms with Crippen LogP contribution < -0.4 is 10.5 Å². The van der Waals surface area contributed by atoms with Gasteiger partial charge in [-0.05, 0) is 24.6 Å². The molecule has 0 saturated carbocycles. The first kappa shape index (κ1) is 14.8. The maximum atomic E-state index is 12.1. The van der Waals surface area contributed by atoms with Crippen molar-refractivity contribution in [3.05, 3.63) is 35.1 Å². The molecule has 0 saturated heterocycles. The fourth-order valence-corrected chi connectivity index (χ4v) is 3.23. The molecule has 0 fully saturated rings. The number of aromatic nitrogens is 3. The predicted molar refractivity (Wildman–Crippen MR) is 75.8 cm³/mol. The number of nitrogens with two attached hydrogens (primary N) is 1. The Morgan fingerprint density at radius 3 is 2.85 bits per heavy atom. The molecule has 0 aliphatic carbocycles. The van der Waals surface area contributed by atoms with Gasteiger partial charge < -0.3 is 5.73 Å². The van der Waals surface area contributed by atoms with Gasteiger partial charge in [0.05, 0.1) is 17.8 Å². The van der Waals surface area contributed by atoms with Crippen LogP contribution in [-0.2, 0) is 16.6 Å². The van der Waals surface area contributed by atoms with E-state index in [0.29, 0.717) is 12.2 Å². The fourth-order valence-electron chi connectivity index (χ4n) is 1.60. The molecule has 0 amide bonds. The summed E-state index contributed by atoms with van der Waals surface area (Å²) in [6.45, 7) is 2.31. The van der Waals surface area contributed by atoms with Crippen molar-refractivity contribution in [3.8, 4) is 0 Å². The zero-order valence-electron chi connectivity index (χ0n) is 10.7. The van der Waals surface area contributed by atoms with Gasteiger partial charge in [0.15, 0.2) is 0 Å². The van der Waals surface area contributed by atoms with Gasteiger partial charge in [-0.2, -0.15) is 0 Å². The first-order chi connectivity index (χ1) is 9.40. The lowest BCUT2D eigenvalue weighted by Gasteiger charge is -2.10. The number of sulfonamides is 1. The first-order valence-corrected chi connectivity index (χ1v) is 7.65. The maximum Gasteiger partial charge on any atom is 0.242 e. The van der Waals surface area contributed by atoms with Crippen molar-refractivity contribution < 1.29 is 8.42 Å². The molecule has 3 N–H and O–H groups in total. The van der Waals surface area contributed by atoms with Crippen LogP contribution in [0.15, 0.2) is 29.4 Å².